The molecule has 0 radical (unpaired) electrons. The van der Waals surface area contributed by atoms with Crippen LogP contribution in [0, 0.1) is 0 Å². The van der Waals surface area contributed by atoms with Crippen LogP contribution in [0.1, 0.15) is 123 Å². The van der Waals surface area contributed by atoms with Crippen molar-refractivity contribution in [1.29, 1.82) is 0 Å². The summed E-state index contributed by atoms with van der Waals surface area (Å²) in [5.74, 6) is 1.58. The lowest BCUT2D eigenvalue weighted by atomic mass is 10.1. The van der Waals surface area contributed by atoms with Crippen LogP contribution < -0.4 is 4.57 Å². The number of hydrogen-bond acceptors (Lipinski definition) is 0. The predicted octanol–water partition coefficient (Wildman–Crippen LogP) is 7.23. The van der Waals surface area contributed by atoms with Gasteiger partial charge in [0.2, 0.25) is 0 Å². The Morgan fingerprint density at radius 2 is 1.19 bits per heavy atom. The van der Waals surface area contributed by atoms with Crippen molar-refractivity contribution in [2.24, 2.45) is 0 Å². The van der Waals surface area contributed by atoms with Crippen molar-refractivity contribution in [2.45, 2.75) is 137 Å². The first kappa shape index (κ1) is 23.2. The second-order valence-corrected chi connectivity index (χ2v) is 8.09. The SMILES string of the molecule is CCCCCCCCCCCc1n(CCCC)cc[n+]1CCCCCC. The Labute approximate surface area is 164 Å². The van der Waals surface area contributed by atoms with Gasteiger partial charge in [-0.2, -0.15) is 0 Å². The summed E-state index contributed by atoms with van der Waals surface area (Å²) < 4.78 is 5.09. The van der Waals surface area contributed by atoms with E-state index in [1.807, 2.05) is 0 Å². The molecule has 26 heavy (non-hydrogen) atoms. The summed E-state index contributed by atoms with van der Waals surface area (Å²) in [6.45, 7) is 9.30. The molecule has 152 valence electrons. The van der Waals surface area contributed by atoms with E-state index in [2.05, 4.69) is 42.3 Å². The number of nitrogens with zero attached hydrogens (tertiary/aromatic N) is 2. The predicted molar refractivity (Wildman–Crippen MR) is 115 cm³/mol. The van der Waals surface area contributed by atoms with E-state index in [0.29, 0.717) is 0 Å². The molecule has 0 unspecified atom stereocenters. The summed E-state index contributed by atoms with van der Waals surface area (Å²) in [7, 11) is 0. The second-order valence-electron chi connectivity index (χ2n) is 8.09. The minimum absolute atomic E-state index is 1.20. The van der Waals surface area contributed by atoms with Crippen LogP contribution in [-0.2, 0) is 19.5 Å². The summed E-state index contributed by atoms with van der Waals surface area (Å²) in [5, 5.41) is 0. The van der Waals surface area contributed by atoms with Gasteiger partial charge in [0.05, 0.1) is 13.1 Å². The molecule has 0 fully saturated rings. The van der Waals surface area contributed by atoms with Gasteiger partial charge in [-0.3, -0.25) is 0 Å². The fraction of sp³-hybridized carbons (Fsp3) is 0.875. The molecule has 0 bridgehead atoms. The zero-order valence-corrected chi connectivity index (χ0v) is 18.3. The van der Waals surface area contributed by atoms with Crippen molar-refractivity contribution in [1.82, 2.24) is 4.57 Å². The normalized spacial score (nSPS) is 11.3. The van der Waals surface area contributed by atoms with E-state index >= 15 is 0 Å². The maximum atomic E-state index is 2.55. The lowest BCUT2D eigenvalue weighted by Gasteiger charge is -2.06. The largest absolute Gasteiger partial charge is 0.256 e. The monoisotopic (exact) mass is 363 g/mol. The van der Waals surface area contributed by atoms with Gasteiger partial charge in [0.25, 0.3) is 5.82 Å². The van der Waals surface area contributed by atoms with Crippen molar-refractivity contribution in [3.05, 3.63) is 18.2 Å². The Balaban J connectivity index is 2.32. The Bertz CT molecular complexity index is 422. The molecule has 0 spiro atoms. The third-order valence-corrected chi connectivity index (χ3v) is 5.60. The standard InChI is InChI=1S/C24H47N2/c1-4-7-10-12-13-14-15-16-17-19-24-25(20-9-6-3)22-23-26(24)21-18-11-8-5-2/h22-23H,4-21H2,1-3H3/q+1. The molecule has 0 saturated heterocycles. The van der Waals surface area contributed by atoms with Crippen LogP contribution in [0.5, 0.6) is 0 Å². The smallest absolute Gasteiger partial charge is 0.234 e. The summed E-state index contributed by atoms with van der Waals surface area (Å²) in [4.78, 5) is 0. The van der Waals surface area contributed by atoms with Crippen LogP contribution in [0.15, 0.2) is 12.4 Å². The van der Waals surface area contributed by atoms with Crippen LogP contribution >= 0.6 is 0 Å². The molecule has 0 aliphatic heterocycles. The van der Waals surface area contributed by atoms with Gasteiger partial charge < -0.3 is 0 Å². The van der Waals surface area contributed by atoms with Crippen LogP contribution in [0.25, 0.3) is 0 Å². The highest BCUT2D eigenvalue weighted by molar-refractivity contribution is 4.84. The van der Waals surface area contributed by atoms with Crippen molar-refractivity contribution >= 4 is 0 Å². The van der Waals surface area contributed by atoms with E-state index in [4.69, 9.17) is 0 Å². The average Bonchev–Trinajstić information content (AvgIpc) is 3.04. The molecule has 1 rings (SSSR count). The Kier molecular flexibility index (Phi) is 14.7. The third-order valence-electron chi connectivity index (χ3n) is 5.60. The molecule has 2 nitrogen and oxygen atoms in total. The van der Waals surface area contributed by atoms with E-state index in [-0.39, 0.29) is 0 Å². The lowest BCUT2D eigenvalue weighted by molar-refractivity contribution is -0.704. The van der Waals surface area contributed by atoms with Crippen LogP contribution in [0.3, 0.4) is 0 Å². The molecule has 0 saturated carbocycles. The highest BCUT2D eigenvalue weighted by atomic mass is 15.1. The Hall–Kier alpha value is -0.790. The zero-order chi connectivity index (χ0) is 18.9. The zero-order valence-electron chi connectivity index (χ0n) is 18.3. The topological polar surface area (TPSA) is 8.81 Å². The molecule has 0 aliphatic rings. The summed E-state index contributed by atoms with van der Waals surface area (Å²) in [6.07, 6.45) is 26.7. The minimum atomic E-state index is 1.20. The molecule has 0 atom stereocenters. The number of hydrogen-bond donors (Lipinski definition) is 0. The highest BCUT2D eigenvalue weighted by Crippen LogP contribution is 2.12. The first-order valence-corrected chi connectivity index (χ1v) is 11.9. The van der Waals surface area contributed by atoms with Crippen molar-refractivity contribution in [3.8, 4) is 0 Å². The van der Waals surface area contributed by atoms with Crippen LogP contribution in [-0.4, -0.2) is 4.57 Å². The quantitative estimate of drug-likeness (QED) is 0.192. The van der Waals surface area contributed by atoms with E-state index in [0.717, 1.165) is 0 Å². The summed E-state index contributed by atoms with van der Waals surface area (Å²) in [6, 6.07) is 0. The minimum Gasteiger partial charge on any atom is -0.234 e. The first-order valence-electron chi connectivity index (χ1n) is 11.9. The number of imidazole rings is 1. The lowest BCUT2D eigenvalue weighted by Crippen LogP contribution is -2.37. The molecule has 0 aromatic carbocycles. The van der Waals surface area contributed by atoms with Gasteiger partial charge in [-0.1, -0.05) is 91.4 Å². The maximum Gasteiger partial charge on any atom is 0.256 e. The van der Waals surface area contributed by atoms with E-state index in [9.17, 15) is 0 Å². The van der Waals surface area contributed by atoms with Crippen molar-refractivity contribution in [3.63, 3.8) is 0 Å². The van der Waals surface area contributed by atoms with E-state index in [1.54, 1.807) is 5.82 Å². The van der Waals surface area contributed by atoms with Gasteiger partial charge >= 0.3 is 0 Å². The summed E-state index contributed by atoms with van der Waals surface area (Å²) >= 11 is 0. The van der Waals surface area contributed by atoms with E-state index < -0.39 is 0 Å². The van der Waals surface area contributed by atoms with Gasteiger partial charge in [0.1, 0.15) is 12.4 Å². The van der Waals surface area contributed by atoms with Crippen LogP contribution in [0.4, 0.5) is 0 Å². The molecule has 0 amide bonds. The molecule has 0 aliphatic carbocycles. The van der Waals surface area contributed by atoms with Gasteiger partial charge in [0, 0.05) is 6.42 Å². The number of rotatable bonds is 18. The molecule has 0 N–H and O–H groups in total. The molecule has 1 aromatic heterocycles. The van der Waals surface area contributed by atoms with Gasteiger partial charge in [-0.15, -0.1) is 0 Å². The Morgan fingerprint density at radius 1 is 0.654 bits per heavy atom. The third kappa shape index (κ3) is 10.4. The highest BCUT2D eigenvalue weighted by Gasteiger charge is 2.16. The molecular formula is C24H47N2+. The molecule has 1 heterocycles. The molecular weight excluding hydrogens is 316 g/mol. The fourth-order valence-corrected chi connectivity index (χ4v) is 3.82. The number of aryl methyl sites for hydroxylation is 2. The van der Waals surface area contributed by atoms with Crippen molar-refractivity contribution < 1.29 is 4.57 Å². The second kappa shape index (κ2) is 16.4. The van der Waals surface area contributed by atoms with Gasteiger partial charge in [-0.05, 0) is 25.7 Å². The molecule has 2 heteroatoms. The average molecular weight is 364 g/mol. The Morgan fingerprint density at radius 3 is 1.81 bits per heavy atom. The number of aromatic nitrogens is 2. The fourth-order valence-electron chi connectivity index (χ4n) is 3.82. The number of unbranched alkanes of at least 4 members (excludes halogenated alkanes) is 12. The molecule has 1 aromatic rings. The first-order chi connectivity index (χ1) is 12.8. The van der Waals surface area contributed by atoms with E-state index in [1.165, 1.54) is 116 Å². The van der Waals surface area contributed by atoms with Gasteiger partial charge in [0.15, 0.2) is 0 Å². The van der Waals surface area contributed by atoms with Crippen molar-refractivity contribution in [2.75, 3.05) is 0 Å². The summed E-state index contributed by atoms with van der Waals surface area (Å²) in [5.41, 5.74) is 0. The van der Waals surface area contributed by atoms with Gasteiger partial charge in [-0.25, -0.2) is 9.13 Å². The maximum absolute atomic E-state index is 2.55. The van der Waals surface area contributed by atoms with Crippen LogP contribution in [0.2, 0.25) is 0 Å².